The highest BCUT2D eigenvalue weighted by molar-refractivity contribution is 5.79. The normalized spacial score (nSPS) is 12.9. The van der Waals surface area contributed by atoms with Gasteiger partial charge in [-0.2, -0.15) is 0 Å². The highest BCUT2D eigenvalue weighted by Gasteiger charge is 2.04. The molecule has 5 nitrogen and oxygen atoms in total. The quantitative estimate of drug-likeness (QED) is 0.350. The lowest BCUT2D eigenvalue weighted by molar-refractivity contribution is 0.0646. The minimum Gasteiger partial charge on any atom is -0.382 e. The van der Waals surface area contributed by atoms with Crippen molar-refractivity contribution in [3.63, 3.8) is 0 Å². The third-order valence-electron chi connectivity index (χ3n) is 3.52. The Morgan fingerprint density at radius 1 is 1.08 bits per heavy atom. The predicted octanol–water partition coefficient (Wildman–Crippen LogP) is 3.14. The monoisotopic (exact) mass is 335 g/mol. The van der Waals surface area contributed by atoms with Crippen LogP contribution in [0.3, 0.4) is 0 Å². The Balaban J connectivity index is 2.17. The van der Waals surface area contributed by atoms with E-state index in [0.717, 1.165) is 58.3 Å². The van der Waals surface area contributed by atoms with Gasteiger partial charge in [0.25, 0.3) is 0 Å². The largest absolute Gasteiger partial charge is 0.382 e. The van der Waals surface area contributed by atoms with Gasteiger partial charge in [0.15, 0.2) is 5.96 Å². The van der Waals surface area contributed by atoms with Crippen molar-refractivity contribution in [2.24, 2.45) is 4.99 Å². The number of hydrogen-bond donors (Lipinski definition) is 2. The van der Waals surface area contributed by atoms with Crippen molar-refractivity contribution in [2.75, 3.05) is 39.5 Å². The molecule has 0 aliphatic rings. The van der Waals surface area contributed by atoms with E-state index in [2.05, 4.69) is 41.6 Å². The zero-order chi connectivity index (χ0) is 17.5. The molecule has 0 amide bonds. The number of hydrogen-bond acceptors (Lipinski definition) is 3. The molecule has 5 heteroatoms. The summed E-state index contributed by atoms with van der Waals surface area (Å²) in [6, 6.07) is 10.3. The molecular weight excluding hydrogens is 302 g/mol. The molecule has 0 saturated carbocycles. The van der Waals surface area contributed by atoms with Gasteiger partial charge in [-0.15, -0.1) is 0 Å². The van der Waals surface area contributed by atoms with Crippen molar-refractivity contribution < 1.29 is 9.47 Å². The molecule has 1 rings (SSSR count). The van der Waals surface area contributed by atoms with E-state index in [1.54, 1.807) is 0 Å². The molecule has 1 unspecified atom stereocenters. The van der Waals surface area contributed by atoms with Crippen LogP contribution < -0.4 is 10.6 Å². The Hall–Kier alpha value is -1.59. The van der Waals surface area contributed by atoms with Gasteiger partial charge in [-0.25, -0.2) is 0 Å². The van der Waals surface area contributed by atoms with Gasteiger partial charge in [-0.3, -0.25) is 4.99 Å². The third-order valence-corrected chi connectivity index (χ3v) is 3.52. The maximum Gasteiger partial charge on any atom is 0.191 e. The van der Waals surface area contributed by atoms with Crippen LogP contribution in [-0.4, -0.2) is 45.4 Å². The smallest absolute Gasteiger partial charge is 0.191 e. The maximum absolute atomic E-state index is 5.88. The van der Waals surface area contributed by atoms with Crippen LogP contribution in [0.4, 0.5) is 0 Å². The molecule has 0 radical (unpaired) electrons. The second kappa shape index (κ2) is 13.8. The summed E-state index contributed by atoms with van der Waals surface area (Å²) in [5.74, 6) is 0.866. The average Bonchev–Trinajstić information content (AvgIpc) is 2.61. The summed E-state index contributed by atoms with van der Waals surface area (Å²) < 4.78 is 11.2. The number of aliphatic imine (C=N–C) groups is 1. The zero-order valence-corrected chi connectivity index (χ0v) is 15.4. The molecule has 0 aliphatic carbocycles. The van der Waals surface area contributed by atoms with Gasteiger partial charge in [0, 0.05) is 39.5 Å². The first-order valence-electron chi connectivity index (χ1n) is 9.04. The van der Waals surface area contributed by atoms with E-state index in [1.165, 1.54) is 5.56 Å². The molecule has 0 heterocycles. The number of rotatable bonds is 12. The van der Waals surface area contributed by atoms with Gasteiger partial charge in [-0.05, 0) is 39.2 Å². The minimum atomic E-state index is 0.131. The Labute approximate surface area is 146 Å². The van der Waals surface area contributed by atoms with Gasteiger partial charge in [0.1, 0.15) is 0 Å². The number of nitrogens with one attached hydrogen (secondary N) is 2. The van der Waals surface area contributed by atoms with Crippen molar-refractivity contribution in [1.82, 2.24) is 10.6 Å². The van der Waals surface area contributed by atoms with Crippen LogP contribution in [0.1, 0.15) is 45.3 Å². The molecule has 136 valence electrons. The van der Waals surface area contributed by atoms with E-state index in [1.807, 2.05) is 25.1 Å². The first-order valence-corrected chi connectivity index (χ1v) is 9.04. The second-order valence-electron chi connectivity index (χ2n) is 5.52. The molecular formula is C19H33N3O2. The predicted molar refractivity (Wildman–Crippen MR) is 101 cm³/mol. The first kappa shape index (κ1) is 20.5. The highest BCUT2D eigenvalue weighted by atomic mass is 16.5. The van der Waals surface area contributed by atoms with Crippen LogP contribution in [0.2, 0.25) is 0 Å². The van der Waals surface area contributed by atoms with Crippen molar-refractivity contribution in [3.8, 4) is 0 Å². The van der Waals surface area contributed by atoms with Crippen LogP contribution in [0.5, 0.6) is 0 Å². The van der Waals surface area contributed by atoms with Gasteiger partial charge >= 0.3 is 0 Å². The summed E-state index contributed by atoms with van der Waals surface area (Å²) in [6.07, 6.45) is 2.02. The lowest BCUT2D eigenvalue weighted by atomic mass is 10.1. The summed E-state index contributed by atoms with van der Waals surface area (Å²) >= 11 is 0. The SMILES string of the molecule is CCNC(=NCCCOCC)NCCCOC(C)c1ccccc1. The molecule has 0 aliphatic heterocycles. The molecule has 0 aromatic heterocycles. The van der Waals surface area contributed by atoms with Gasteiger partial charge in [-0.1, -0.05) is 30.3 Å². The molecule has 0 fully saturated rings. The summed E-state index contributed by atoms with van der Waals surface area (Å²) in [5.41, 5.74) is 1.22. The van der Waals surface area contributed by atoms with E-state index in [4.69, 9.17) is 9.47 Å². The molecule has 1 atom stereocenters. The molecule has 0 bridgehead atoms. The summed E-state index contributed by atoms with van der Waals surface area (Å²) in [5, 5.41) is 6.60. The summed E-state index contributed by atoms with van der Waals surface area (Å²) in [4.78, 5) is 4.54. The Morgan fingerprint density at radius 2 is 1.88 bits per heavy atom. The van der Waals surface area contributed by atoms with Crippen LogP contribution in [-0.2, 0) is 9.47 Å². The summed E-state index contributed by atoms with van der Waals surface area (Å²) in [7, 11) is 0. The maximum atomic E-state index is 5.88. The van der Waals surface area contributed by atoms with Crippen molar-refractivity contribution in [1.29, 1.82) is 0 Å². The number of benzene rings is 1. The van der Waals surface area contributed by atoms with Crippen molar-refractivity contribution >= 4 is 5.96 Å². The van der Waals surface area contributed by atoms with E-state index in [-0.39, 0.29) is 6.10 Å². The minimum absolute atomic E-state index is 0.131. The van der Waals surface area contributed by atoms with Crippen LogP contribution in [0.25, 0.3) is 0 Å². The fourth-order valence-electron chi connectivity index (χ4n) is 2.20. The van der Waals surface area contributed by atoms with Crippen LogP contribution in [0, 0.1) is 0 Å². The van der Waals surface area contributed by atoms with Gasteiger partial charge in [0.05, 0.1) is 6.10 Å². The topological polar surface area (TPSA) is 54.9 Å². The Bertz CT molecular complexity index is 437. The Kier molecular flexibility index (Phi) is 11.8. The molecule has 0 saturated heterocycles. The van der Waals surface area contributed by atoms with Gasteiger partial charge in [0.2, 0.25) is 0 Å². The third kappa shape index (κ3) is 9.53. The Morgan fingerprint density at radius 3 is 2.58 bits per heavy atom. The van der Waals surface area contributed by atoms with Crippen molar-refractivity contribution in [3.05, 3.63) is 35.9 Å². The van der Waals surface area contributed by atoms with Crippen molar-refractivity contribution in [2.45, 2.75) is 39.7 Å². The van der Waals surface area contributed by atoms with E-state index in [9.17, 15) is 0 Å². The average molecular weight is 335 g/mol. The van der Waals surface area contributed by atoms with E-state index >= 15 is 0 Å². The molecule has 1 aromatic carbocycles. The van der Waals surface area contributed by atoms with E-state index in [0.29, 0.717) is 0 Å². The van der Waals surface area contributed by atoms with E-state index < -0.39 is 0 Å². The molecule has 0 spiro atoms. The zero-order valence-electron chi connectivity index (χ0n) is 15.4. The molecule has 2 N–H and O–H groups in total. The molecule has 1 aromatic rings. The fraction of sp³-hybridized carbons (Fsp3) is 0.632. The van der Waals surface area contributed by atoms with Crippen LogP contribution in [0.15, 0.2) is 35.3 Å². The van der Waals surface area contributed by atoms with Crippen LogP contribution >= 0.6 is 0 Å². The number of ether oxygens (including phenoxy) is 2. The van der Waals surface area contributed by atoms with Gasteiger partial charge < -0.3 is 20.1 Å². The first-order chi connectivity index (χ1) is 11.8. The number of guanidine groups is 1. The molecule has 24 heavy (non-hydrogen) atoms. The standard InChI is InChI=1S/C19H33N3O2/c1-4-20-19(21-13-9-15-23-5-2)22-14-10-16-24-17(3)18-11-7-6-8-12-18/h6-8,11-12,17H,4-5,9-10,13-16H2,1-3H3,(H2,20,21,22). The fourth-order valence-corrected chi connectivity index (χ4v) is 2.20. The second-order valence-corrected chi connectivity index (χ2v) is 5.52. The summed E-state index contributed by atoms with van der Waals surface area (Å²) in [6.45, 7) is 10.9. The number of nitrogens with zero attached hydrogens (tertiary/aromatic N) is 1. The lowest BCUT2D eigenvalue weighted by Gasteiger charge is -2.14. The lowest BCUT2D eigenvalue weighted by Crippen LogP contribution is -2.38. The highest BCUT2D eigenvalue weighted by Crippen LogP contribution is 2.15.